The lowest BCUT2D eigenvalue weighted by Gasteiger charge is -2.39. The van der Waals surface area contributed by atoms with Crippen molar-refractivity contribution in [1.29, 1.82) is 0 Å². The molecule has 2 heterocycles. The fourth-order valence-corrected chi connectivity index (χ4v) is 3.46. The average Bonchev–Trinajstić information content (AvgIpc) is 2.94. The van der Waals surface area contributed by atoms with Crippen molar-refractivity contribution in [3.05, 3.63) is 22.4 Å². The molecule has 0 radical (unpaired) electrons. The van der Waals surface area contributed by atoms with Crippen LogP contribution in [0.15, 0.2) is 17.5 Å². The molecule has 21 heavy (non-hydrogen) atoms. The number of nitrogens with one attached hydrogen (secondary N) is 1. The zero-order valence-corrected chi connectivity index (χ0v) is 14.0. The first-order valence-electron chi connectivity index (χ1n) is 7.73. The molecule has 0 aliphatic carbocycles. The lowest BCUT2D eigenvalue weighted by molar-refractivity contribution is -0.121. The first kappa shape index (κ1) is 16.5. The van der Waals surface area contributed by atoms with Gasteiger partial charge >= 0.3 is 0 Å². The van der Waals surface area contributed by atoms with Gasteiger partial charge in [0.25, 0.3) is 0 Å². The van der Waals surface area contributed by atoms with Gasteiger partial charge in [-0.3, -0.25) is 9.69 Å². The SMILES string of the molecule is CC1CN(C(C)CNC(=O)CCc2cccs2)CC(C)O1. The van der Waals surface area contributed by atoms with E-state index >= 15 is 0 Å². The zero-order chi connectivity index (χ0) is 15.2. The lowest BCUT2D eigenvalue weighted by atomic mass is 10.1. The molecule has 1 fully saturated rings. The van der Waals surface area contributed by atoms with Gasteiger partial charge in [-0.05, 0) is 38.6 Å². The van der Waals surface area contributed by atoms with Crippen LogP contribution in [0.25, 0.3) is 0 Å². The Morgan fingerprint density at radius 2 is 2.19 bits per heavy atom. The maximum Gasteiger partial charge on any atom is 0.220 e. The summed E-state index contributed by atoms with van der Waals surface area (Å²) in [5, 5.41) is 5.11. The Labute approximate surface area is 131 Å². The number of hydrogen-bond acceptors (Lipinski definition) is 4. The lowest BCUT2D eigenvalue weighted by Crippen LogP contribution is -2.52. The first-order valence-corrected chi connectivity index (χ1v) is 8.61. The molecule has 1 aromatic heterocycles. The van der Waals surface area contributed by atoms with Gasteiger partial charge in [0.2, 0.25) is 5.91 Å². The van der Waals surface area contributed by atoms with Gasteiger partial charge in [0.1, 0.15) is 0 Å². The summed E-state index contributed by atoms with van der Waals surface area (Å²) < 4.78 is 5.74. The van der Waals surface area contributed by atoms with Gasteiger partial charge < -0.3 is 10.1 Å². The Kier molecular flexibility index (Phi) is 6.21. The summed E-state index contributed by atoms with van der Waals surface area (Å²) in [4.78, 5) is 15.6. The number of aryl methyl sites for hydroxylation is 1. The predicted octanol–water partition coefficient (Wildman–Crippen LogP) is 2.29. The number of carbonyl (C=O) groups is 1. The van der Waals surface area contributed by atoms with Crippen LogP contribution in [0.2, 0.25) is 0 Å². The Morgan fingerprint density at radius 1 is 1.48 bits per heavy atom. The molecule has 2 rings (SSSR count). The van der Waals surface area contributed by atoms with Crippen LogP contribution in [0.1, 0.15) is 32.1 Å². The molecule has 3 unspecified atom stereocenters. The summed E-state index contributed by atoms with van der Waals surface area (Å²) in [5.74, 6) is 0.143. The van der Waals surface area contributed by atoms with Gasteiger partial charge in [0.15, 0.2) is 0 Å². The van der Waals surface area contributed by atoms with Crippen LogP contribution in [-0.2, 0) is 16.0 Å². The van der Waals surface area contributed by atoms with E-state index in [1.54, 1.807) is 11.3 Å². The van der Waals surface area contributed by atoms with E-state index in [1.807, 2.05) is 6.07 Å². The highest BCUT2D eigenvalue weighted by Gasteiger charge is 2.25. The van der Waals surface area contributed by atoms with Gasteiger partial charge in [-0.25, -0.2) is 0 Å². The number of thiophene rings is 1. The van der Waals surface area contributed by atoms with Crippen molar-refractivity contribution in [3.63, 3.8) is 0 Å². The van der Waals surface area contributed by atoms with Gasteiger partial charge in [0.05, 0.1) is 12.2 Å². The maximum atomic E-state index is 11.9. The first-order chi connectivity index (χ1) is 10.0. The standard InChI is InChI=1S/C16H26N2O2S/c1-12(18-10-13(2)20-14(3)11-18)9-17-16(19)7-6-15-5-4-8-21-15/h4-5,8,12-14H,6-7,9-11H2,1-3H3,(H,17,19). The minimum absolute atomic E-state index is 0.143. The molecule has 1 amide bonds. The summed E-state index contributed by atoms with van der Waals surface area (Å²) >= 11 is 1.71. The zero-order valence-electron chi connectivity index (χ0n) is 13.2. The average molecular weight is 310 g/mol. The number of rotatable bonds is 6. The third-order valence-electron chi connectivity index (χ3n) is 3.84. The van der Waals surface area contributed by atoms with Crippen LogP contribution in [0, 0.1) is 0 Å². The van der Waals surface area contributed by atoms with E-state index in [1.165, 1.54) is 4.88 Å². The van der Waals surface area contributed by atoms with Crippen molar-refractivity contribution in [2.24, 2.45) is 0 Å². The number of nitrogens with zero attached hydrogens (tertiary/aromatic N) is 1. The molecule has 1 aliphatic rings. The van der Waals surface area contributed by atoms with Crippen molar-refractivity contribution in [2.75, 3.05) is 19.6 Å². The molecule has 0 bridgehead atoms. The van der Waals surface area contributed by atoms with E-state index in [0.717, 1.165) is 19.5 Å². The van der Waals surface area contributed by atoms with Crippen LogP contribution in [-0.4, -0.2) is 48.7 Å². The number of hydrogen-bond donors (Lipinski definition) is 1. The molecule has 3 atom stereocenters. The Bertz CT molecular complexity index is 425. The molecule has 1 aromatic rings. The summed E-state index contributed by atoms with van der Waals surface area (Å²) in [6.07, 6.45) is 1.95. The van der Waals surface area contributed by atoms with Crippen molar-refractivity contribution in [1.82, 2.24) is 10.2 Å². The van der Waals surface area contributed by atoms with Crippen LogP contribution in [0.3, 0.4) is 0 Å². The van der Waals surface area contributed by atoms with Gasteiger partial charge in [-0.2, -0.15) is 0 Å². The van der Waals surface area contributed by atoms with E-state index in [4.69, 9.17) is 4.74 Å². The normalized spacial score (nSPS) is 24.7. The Hall–Kier alpha value is -0.910. The largest absolute Gasteiger partial charge is 0.373 e. The molecule has 0 spiro atoms. The molecule has 1 saturated heterocycles. The second-order valence-electron chi connectivity index (χ2n) is 5.94. The smallest absolute Gasteiger partial charge is 0.220 e. The van der Waals surface area contributed by atoms with Crippen molar-refractivity contribution >= 4 is 17.2 Å². The minimum Gasteiger partial charge on any atom is -0.373 e. The number of morpholine rings is 1. The van der Waals surface area contributed by atoms with Crippen LogP contribution in [0.5, 0.6) is 0 Å². The van der Waals surface area contributed by atoms with Crippen LogP contribution >= 0.6 is 11.3 Å². The van der Waals surface area contributed by atoms with E-state index in [-0.39, 0.29) is 18.1 Å². The topological polar surface area (TPSA) is 41.6 Å². The monoisotopic (exact) mass is 310 g/mol. The van der Waals surface area contributed by atoms with E-state index in [9.17, 15) is 4.79 Å². The number of amides is 1. The molecule has 0 saturated carbocycles. The van der Waals surface area contributed by atoms with Gasteiger partial charge in [-0.1, -0.05) is 6.07 Å². The fraction of sp³-hybridized carbons (Fsp3) is 0.688. The molecule has 1 aliphatic heterocycles. The number of ether oxygens (including phenoxy) is 1. The molecule has 1 N–H and O–H groups in total. The number of carbonyl (C=O) groups excluding carboxylic acids is 1. The molecule has 4 nitrogen and oxygen atoms in total. The van der Waals surface area contributed by atoms with Crippen molar-refractivity contribution < 1.29 is 9.53 Å². The third-order valence-corrected chi connectivity index (χ3v) is 4.78. The van der Waals surface area contributed by atoms with E-state index < -0.39 is 0 Å². The summed E-state index contributed by atoms with van der Waals surface area (Å²) in [5.41, 5.74) is 0. The minimum atomic E-state index is 0.143. The van der Waals surface area contributed by atoms with Crippen molar-refractivity contribution in [2.45, 2.75) is 51.9 Å². The molecule has 0 aromatic carbocycles. The van der Waals surface area contributed by atoms with E-state index in [2.05, 4.69) is 42.4 Å². The quantitative estimate of drug-likeness (QED) is 0.876. The molecule has 118 valence electrons. The Balaban J connectivity index is 1.68. The highest BCUT2D eigenvalue weighted by Crippen LogP contribution is 2.13. The van der Waals surface area contributed by atoms with Crippen LogP contribution < -0.4 is 5.32 Å². The van der Waals surface area contributed by atoms with Crippen LogP contribution in [0.4, 0.5) is 0 Å². The predicted molar refractivity (Wildman–Crippen MR) is 86.7 cm³/mol. The van der Waals surface area contributed by atoms with Crippen molar-refractivity contribution in [3.8, 4) is 0 Å². The summed E-state index contributed by atoms with van der Waals surface area (Å²) in [6, 6.07) is 4.46. The summed E-state index contributed by atoms with van der Waals surface area (Å²) in [6.45, 7) is 8.98. The second kappa shape index (κ2) is 7.92. The highest BCUT2D eigenvalue weighted by molar-refractivity contribution is 7.09. The molecule has 5 heteroatoms. The van der Waals surface area contributed by atoms with E-state index in [0.29, 0.717) is 19.0 Å². The maximum absolute atomic E-state index is 11.9. The summed E-state index contributed by atoms with van der Waals surface area (Å²) in [7, 11) is 0. The van der Waals surface area contributed by atoms with Gasteiger partial charge in [-0.15, -0.1) is 11.3 Å². The molecular weight excluding hydrogens is 284 g/mol. The highest BCUT2D eigenvalue weighted by atomic mass is 32.1. The molecular formula is C16H26N2O2S. The van der Waals surface area contributed by atoms with Gasteiger partial charge in [0, 0.05) is 37.0 Å². The Morgan fingerprint density at radius 3 is 2.81 bits per heavy atom. The second-order valence-corrected chi connectivity index (χ2v) is 6.98. The fourth-order valence-electron chi connectivity index (χ4n) is 2.75. The third kappa shape index (κ3) is 5.41.